The molecule has 2 heterocycles. The van der Waals surface area contributed by atoms with Gasteiger partial charge in [0, 0.05) is 5.39 Å². The number of para-hydroxylation sites is 1. The van der Waals surface area contributed by atoms with E-state index in [0.29, 0.717) is 11.4 Å². The molecule has 92 valence electrons. The molecule has 1 aromatic heterocycles. The van der Waals surface area contributed by atoms with Crippen LogP contribution in [0, 0.1) is 0 Å². The molecule has 0 aliphatic carbocycles. The smallest absolute Gasteiger partial charge is 0.249 e. The van der Waals surface area contributed by atoms with Gasteiger partial charge < -0.3 is 15.2 Å². The maximum atomic E-state index is 11.0. The number of aromatic nitrogens is 1. The third kappa shape index (κ3) is 1.69. The van der Waals surface area contributed by atoms with Crippen molar-refractivity contribution in [1.29, 1.82) is 0 Å². The monoisotopic (exact) mass is 244 g/mol. The van der Waals surface area contributed by atoms with Gasteiger partial charge >= 0.3 is 0 Å². The van der Waals surface area contributed by atoms with Crippen LogP contribution in [0.15, 0.2) is 30.3 Å². The number of hydrogen-bond acceptors (Lipinski definition) is 4. The average Bonchev–Trinajstić information content (AvgIpc) is 3.17. The van der Waals surface area contributed by atoms with Crippen molar-refractivity contribution in [3.63, 3.8) is 0 Å². The number of rotatable bonds is 3. The van der Waals surface area contributed by atoms with E-state index in [1.54, 1.807) is 7.11 Å². The second-order valence-corrected chi connectivity index (χ2v) is 4.15. The van der Waals surface area contributed by atoms with E-state index in [4.69, 9.17) is 15.2 Å². The number of nitrogens with two attached hydrogens (primary N) is 1. The van der Waals surface area contributed by atoms with E-state index in [1.165, 1.54) is 0 Å². The second kappa shape index (κ2) is 3.96. The van der Waals surface area contributed by atoms with Crippen molar-refractivity contribution in [3.8, 4) is 5.75 Å². The van der Waals surface area contributed by atoms with E-state index < -0.39 is 12.0 Å². The number of pyridine rings is 1. The summed E-state index contributed by atoms with van der Waals surface area (Å²) in [5.41, 5.74) is 6.66. The van der Waals surface area contributed by atoms with E-state index in [-0.39, 0.29) is 6.10 Å². The van der Waals surface area contributed by atoms with E-state index in [0.717, 1.165) is 10.9 Å². The van der Waals surface area contributed by atoms with Gasteiger partial charge in [-0.1, -0.05) is 18.2 Å². The zero-order chi connectivity index (χ0) is 12.7. The Hall–Kier alpha value is -2.14. The first-order valence-electron chi connectivity index (χ1n) is 5.59. The summed E-state index contributed by atoms with van der Waals surface area (Å²) in [4.78, 5) is 15.5. The average molecular weight is 244 g/mol. The number of hydrogen-bond donors (Lipinski definition) is 1. The van der Waals surface area contributed by atoms with Crippen LogP contribution in [-0.2, 0) is 9.53 Å². The molecular formula is C13H12N2O3. The molecule has 0 radical (unpaired) electrons. The third-order valence-electron chi connectivity index (χ3n) is 2.98. The Kier molecular flexibility index (Phi) is 2.41. The van der Waals surface area contributed by atoms with E-state index >= 15 is 0 Å². The minimum Gasteiger partial charge on any atom is -0.495 e. The van der Waals surface area contributed by atoms with Crippen LogP contribution in [0.4, 0.5) is 0 Å². The van der Waals surface area contributed by atoms with Crippen LogP contribution in [0.1, 0.15) is 11.8 Å². The number of benzene rings is 1. The van der Waals surface area contributed by atoms with Crippen LogP contribution in [-0.4, -0.2) is 24.1 Å². The number of methoxy groups -OCH3 is 1. The molecule has 18 heavy (non-hydrogen) atoms. The molecule has 0 saturated carbocycles. The second-order valence-electron chi connectivity index (χ2n) is 4.15. The summed E-state index contributed by atoms with van der Waals surface area (Å²) in [6.45, 7) is 0. The molecule has 1 amide bonds. The molecule has 5 nitrogen and oxygen atoms in total. The predicted octanol–water partition coefficient (Wildman–Crippen LogP) is 1.17. The molecule has 2 aromatic rings. The molecule has 5 heteroatoms. The van der Waals surface area contributed by atoms with E-state index in [1.807, 2.05) is 30.3 Å². The minimum absolute atomic E-state index is 0.387. The first-order chi connectivity index (χ1) is 8.70. The maximum Gasteiger partial charge on any atom is 0.249 e. The summed E-state index contributed by atoms with van der Waals surface area (Å²) in [5, 5.41) is 0.981. The Bertz CT molecular complexity index is 627. The Morgan fingerprint density at radius 1 is 1.44 bits per heavy atom. The first kappa shape index (κ1) is 11.0. The fourth-order valence-corrected chi connectivity index (χ4v) is 2.02. The van der Waals surface area contributed by atoms with Crippen LogP contribution in [0.2, 0.25) is 0 Å². The van der Waals surface area contributed by atoms with Gasteiger partial charge in [0.05, 0.1) is 12.6 Å². The van der Waals surface area contributed by atoms with Crippen molar-refractivity contribution in [1.82, 2.24) is 4.98 Å². The zero-order valence-corrected chi connectivity index (χ0v) is 9.79. The van der Waals surface area contributed by atoms with Gasteiger partial charge in [0.25, 0.3) is 0 Å². The Morgan fingerprint density at radius 3 is 2.89 bits per heavy atom. The Balaban J connectivity index is 2.08. The summed E-state index contributed by atoms with van der Waals surface area (Å²) in [5.74, 6) is 0.138. The Morgan fingerprint density at radius 2 is 2.22 bits per heavy atom. The van der Waals surface area contributed by atoms with Crippen molar-refractivity contribution >= 4 is 16.8 Å². The molecule has 2 N–H and O–H groups in total. The highest BCUT2D eigenvalue weighted by atomic mass is 16.6. The third-order valence-corrected chi connectivity index (χ3v) is 2.98. The van der Waals surface area contributed by atoms with Crippen LogP contribution in [0.25, 0.3) is 10.9 Å². The lowest BCUT2D eigenvalue weighted by Gasteiger charge is -2.07. The summed E-state index contributed by atoms with van der Waals surface area (Å²) in [6, 6.07) is 9.58. The zero-order valence-electron chi connectivity index (χ0n) is 9.79. The quantitative estimate of drug-likeness (QED) is 0.822. The largest absolute Gasteiger partial charge is 0.495 e. The summed E-state index contributed by atoms with van der Waals surface area (Å²) in [6.07, 6.45) is -0.977. The van der Waals surface area contributed by atoms with E-state index in [9.17, 15) is 4.79 Å². The standard InChI is InChI=1S/C13H12N2O3/c1-17-9-6-7-4-2-3-5-8(7)15-10(9)11-12(18-11)13(14)16/h2-6,11-12H,1H3,(H2,14,16). The highest BCUT2D eigenvalue weighted by Gasteiger charge is 2.47. The lowest BCUT2D eigenvalue weighted by molar-refractivity contribution is -0.119. The van der Waals surface area contributed by atoms with Gasteiger partial charge in [0.15, 0.2) is 6.10 Å². The van der Waals surface area contributed by atoms with Crippen molar-refractivity contribution in [2.24, 2.45) is 5.73 Å². The topological polar surface area (TPSA) is 77.7 Å². The molecule has 3 rings (SSSR count). The van der Waals surface area contributed by atoms with Gasteiger partial charge in [-0.2, -0.15) is 0 Å². The van der Waals surface area contributed by atoms with Gasteiger partial charge in [0.2, 0.25) is 5.91 Å². The van der Waals surface area contributed by atoms with Crippen molar-refractivity contribution < 1.29 is 14.3 Å². The van der Waals surface area contributed by atoms with Crippen LogP contribution < -0.4 is 10.5 Å². The van der Waals surface area contributed by atoms with Crippen molar-refractivity contribution in [2.75, 3.05) is 7.11 Å². The molecule has 1 aliphatic rings. The maximum absolute atomic E-state index is 11.0. The van der Waals surface area contributed by atoms with Gasteiger partial charge in [0.1, 0.15) is 17.5 Å². The molecule has 2 atom stereocenters. The van der Waals surface area contributed by atoms with Gasteiger partial charge in [-0.25, -0.2) is 4.98 Å². The van der Waals surface area contributed by atoms with Crippen LogP contribution >= 0.6 is 0 Å². The highest BCUT2D eigenvalue weighted by molar-refractivity contribution is 5.84. The number of carbonyl (C=O) groups is 1. The summed E-state index contributed by atoms with van der Waals surface area (Å²) in [7, 11) is 1.57. The molecule has 1 aliphatic heterocycles. The number of epoxide rings is 1. The minimum atomic E-state index is -0.590. The summed E-state index contributed by atoms with van der Waals surface area (Å²) >= 11 is 0. The van der Waals surface area contributed by atoms with Gasteiger partial charge in [-0.05, 0) is 12.1 Å². The number of carbonyl (C=O) groups excluding carboxylic acids is 1. The number of primary amides is 1. The van der Waals surface area contributed by atoms with Gasteiger partial charge in [-0.3, -0.25) is 4.79 Å². The lowest BCUT2D eigenvalue weighted by atomic mass is 10.1. The molecular weight excluding hydrogens is 232 g/mol. The number of amides is 1. The highest BCUT2D eigenvalue weighted by Crippen LogP contribution is 2.42. The number of nitrogens with zero attached hydrogens (tertiary/aromatic N) is 1. The molecule has 0 spiro atoms. The number of fused-ring (bicyclic) bond motifs is 1. The first-order valence-corrected chi connectivity index (χ1v) is 5.59. The van der Waals surface area contributed by atoms with Crippen molar-refractivity contribution in [2.45, 2.75) is 12.2 Å². The molecule has 2 unspecified atom stereocenters. The normalized spacial score (nSPS) is 21.8. The SMILES string of the molecule is COc1cc2ccccc2nc1C1OC1C(N)=O. The molecule has 1 saturated heterocycles. The van der Waals surface area contributed by atoms with Crippen LogP contribution in [0.5, 0.6) is 5.75 Å². The molecule has 0 bridgehead atoms. The predicted molar refractivity (Wildman–Crippen MR) is 65.1 cm³/mol. The van der Waals surface area contributed by atoms with Gasteiger partial charge in [-0.15, -0.1) is 0 Å². The van der Waals surface area contributed by atoms with E-state index in [2.05, 4.69) is 4.98 Å². The molecule has 1 aromatic carbocycles. The lowest BCUT2D eigenvalue weighted by Crippen LogP contribution is -2.18. The van der Waals surface area contributed by atoms with Crippen LogP contribution in [0.3, 0.4) is 0 Å². The van der Waals surface area contributed by atoms with Crippen molar-refractivity contribution in [3.05, 3.63) is 36.0 Å². The number of ether oxygens (including phenoxy) is 2. The fourth-order valence-electron chi connectivity index (χ4n) is 2.02. The Labute approximate surface area is 104 Å². The fraction of sp³-hybridized carbons (Fsp3) is 0.231. The molecule has 1 fully saturated rings. The summed E-state index contributed by atoms with van der Waals surface area (Å²) < 4.78 is 10.5.